The van der Waals surface area contributed by atoms with Gasteiger partial charge in [0.15, 0.2) is 0 Å². The van der Waals surface area contributed by atoms with Gasteiger partial charge >= 0.3 is 0 Å². The molecule has 2 aromatic carbocycles. The number of para-hydroxylation sites is 1. The van der Waals surface area contributed by atoms with Crippen LogP contribution in [0, 0.1) is 0 Å². The van der Waals surface area contributed by atoms with E-state index in [1.807, 2.05) is 24.3 Å². The number of methoxy groups -OCH3 is 1. The summed E-state index contributed by atoms with van der Waals surface area (Å²) in [4.78, 5) is 0.0575. The number of hydrogen-bond acceptors (Lipinski definition) is 4. The topological polar surface area (TPSA) is 78.6 Å². The zero-order valence-electron chi connectivity index (χ0n) is 10.9. The third kappa shape index (κ3) is 3.49. The molecule has 0 bridgehead atoms. The van der Waals surface area contributed by atoms with E-state index < -0.39 is 10.0 Å². The summed E-state index contributed by atoms with van der Waals surface area (Å²) in [6.07, 6.45) is 0. The number of sulfonamides is 1. The number of ether oxygens (including phenoxy) is 2. The Morgan fingerprint density at radius 1 is 1.05 bits per heavy atom. The normalized spacial score (nSPS) is 11.1. The van der Waals surface area contributed by atoms with E-state index in [-0.39, 0.29) is 4.90 Å². The van der Waals surface area contributed by atoms with Crippen molar-refractivity contribution in [1.29, 1.82) is 0 Å². The highest BCUT2D eigenvalue weighted by molar-refractivity contribution is 7.89. The zero-order valence-corrected chi connectivity index (χ0v) is 11.8. The number of benzene rings is 2. The fraction of sp³-hybridized carbons (Fsp3) is 0.143. The van der Waals surface area contributed by atoms with Gasteiger partial charge in [-0.1, -0.05) is 18.2 Å². The van der Waals surface area contributed by atoms with E-state index in [0.29, 0.717) is 12.4 Å². The standard InChI is InChI=1S/C14H15NO4S/c1-18-14-5-3-2-4-11(14)10-19-12-6-8-13(9-7-12)20(15,16)17/h2-9H,10H2,1H3,(H2,15,16,17). The smallest absolute Gasteiger partial charge is 0.238 e. The first-order chi connectivity index (χ1) is 9.50. The molecule has 0 fully saturated rings. The van der Waals surface area contributed by atoms with Gasteiger partial charge in [0.1, 0.15) is 18.1 Å². The molecule has 5 nitrogen and oxygen atoms in total. The van der Waals surface area contributed by atoms with E-state index in [9.17, 15) is 8.42 Å². The summed E-state index contributed by atoms with van der Waals surface area (Å²) in [7, 11) is -2.08. The van der Waals surface area contributed by atoms with Crippen molar-refractivity contribution in [3.05, 3.63) is 54.1 Å². The van der Waals surface area contributed by atoms with Gasteiger partial charge < -0.3 is 9.47 Å². The third-order valence-electron chi connectivity index (χ3n) is 2.74. The summed E-state index contributed by atoms with van der Waals surface area (Å²) in [5, 5.41) is 5.02. The maximum atomic E-state index is 11.1. The van der Waals surface area contributed by atoms with Crippen LogP contribution in [0.25, 0.3) is 0 Å². The predicted octanol–water partition coefficient (Wildman–Crippen LogP) is 1.92. The molecule has 0 radical (unpaired) electrons. The van der Waals surface area contributed by atoms with Crippen LogP contribution < -0.4 is 14.6 Å². The Kier molecular flexibility index (Phi) is 4.26. The van der Waals surface area contributed by atoms with Crippen molar-refractivity contribution in [3.8, 4) is 11.5 Å². The maximum absolute atomic E-state index is 11.1. The summed E-state index contributed by atoms with van der Waals surface area (Å²) in [5.41, 5.74) is 0.908. The average Bonchev–Trinajstić information content (AvgIpc) is 2.45. The Morgan fingerprint density at radius 3 is 2.30 bits per heavy atom. The lowest BCUT2D eigenvalue weighted by Gasteiger charge is -2.10. The molecule has 20 heavy (non-hydrogen) atoms. The molecular weight excluding hydrogens is 278 g/mol. The number of primary sulfonamides is 1. The molecule has 0 heterocycles. The van der Waals surface area contributed by atoms with Crippen LogP contribution in [0.15, 0.2) is 53.4 Å². The van der Waals surface area contributed by atoms with Gasteiger partial charge in [-0.2, -0.15) is 0 Å². The lowest BCUT2D eigenvalue weighted by molar-refractivity contribution is 0.296. The minimum absolute atomic E-state index is 0.0575. The van der Waals surface area contributed by atoms with E-state index in [2.05, 4.69) is 0 Å². The van der Waals surface area contributed by atoms with Gasteiger partial charge in [-0.15, -0.1) is 0 Å². The monoisotopic (exact) mass is 293 g/mol. The maximum Gasteiger partial charge on any atom is 0.238 e. The summed E-state index contributed by atoms with van der Waals surface area (Å²) in [6, 6.07) is 13.5. The minimum atomic E-state index is -3.67. The quantitative estimate of drug-likeness (QED) is 0.913. The van der Waals surface area contributed by atoms with Crippen molar-refractivity contribution in [2.75, 3.05) is 7.11 Å². The molecule has 2 aromatic rings. The molecule has 0 amide bonds. The average molecular weight is 293 g/mol. The van der Waals surface area contributed by atoms with Gasteiger partial charge in [-0.3, -0.25) is 0 Å². The lowest BCUT2D eigenvalue weighted by atomic mass is 10.2. The first kappa shape index (κ1) is 14.4. The van der Waals surface area contributed by atoms with E-state index in [1.54, 1.807) is 19.2 Å². The van der Waals surface area contributed by atoms with Gasteiger partial charge in [0, 0.05) is 5.56 Å². The van der Waals surface area contributed by atoms with Crippen molar-refractivity contribution in [3.63, 3.8) is 0 Å². The van der Waals surface area contributed by atoms with Gasteiger partial charge in [0.05, 0.1) is 12.0 Å². The summed E-state index contributed by atoms with van der Waals surface area (Å²) < 4.78 is 33.1. The van der Waals surface area contributed by atoms with Crippen molar-refractivity contribution in [1.82, 2.24) is 0 Å². The van der Waals surface area contributed by atoms with Crippen LogP contribution in [-0.2, 0) is 16.6 Å². The molecule has 2 N–H and O–H groups in total. The number of nitrogens with two attached hydrogens (primary N) is 1. The second-order valence-corrected chi connectivity index (χ2v) is 5.68. The second kappa shape index (κ2) is 5.94. The van der Waals surface area contributed by atoms with Crippen molar-refractivity contribution in [2.45, 2.75) is 11.5 Å². The van der Waals surface area contributed by atoms with Crippen LogP contribution in [0.5, 0.6) is 11.5 Å². The van der Waals surface area contributed by atoms with E-state index >= 15 is 0 Å². The summed E-state index contributed by atoms with van der Waals surface area (Å²) in [6.45, 7) is 0.332. The van der Waals surface area contributed by atoms with E-state index in [1.165, 1.54) is 12.1 Å². The molecule has 2 rings (SSSR count). The van der Waals surface area contributed by atoms with Crippen LogP contribution in [0.4, 0.5) is 0 Å². The Hall–Kier alpha value is -2.05. The Balaban J connectivity index is 2.08. The molecule has 0 aliphatic heterocycles. The van der Waals surface area contributed by atoms with Crippen LogP contribution in [0.3, 0.4) is 0 Å². The molecular formula is C14H15NO4S. The highest BCUT2D eigenvalue weighted by atomic mass is 32.2. The van der Waals surface area contributed by atoms with Crippen molar-refractivity contribution < 1.29 is 17.9 Å². The predicted molar refractivity (Wildman–Crippen MR) is 75.1 cm³/mol. The van der Waals surface area contributed by atoms with Crippen LogP contribution in [-0.4, -0.2) is 15.5 Å². The molecule has 0 saturated carbocycles. The SMILES string of the molecule is COc1ccccc1COc1ccc(S(N)(=O)=O)cc1. The third-order valence-corrected chi connectivity index (χ3v) is 3.67. The first-order valence-electron chi connectivity index (χ1n) is 5.88. The molecule has 0 aromatic heterocycles. The van der Waals surface area contributed by atoms with Crippen molar-refractivity contribution >= 4 is 10.0 Å². The molecule has 0 saturated heterocycles. The Labute approximate surface area is 118 Å². The summed E-state index contributed by atoms with van der Waals surface area (Å²) >= 11 is 0. The highest BCUT2D eigenvalue weighted by Gasteiger charge is 2.07. The molecule has 0 atom stereocenters. The van der Waals surface area contributed by atoms with Gasteiger partial charge in [-0.05, 0) is 30.3 Å². The van der Waals surface area contributed by atoms with Crippen LogP contribution >= 0.6 is 0 Å². The summed E-state index contributed by atoms with van der Waals surface area (Å²) in [5.74, 6) is 1.30. The Morgan fingerprint density at radius 2 is 1.70 bits per heavy atom. The molecule has 0 aliphatic rings. The van der Waals surface area contributed by atoms with Gasteiger partial charge in [0.25, 0.3) is 0 Å². The second-order valence-electron chi connectivity index (χ2n) is 4.12. The molecule has 0 spiro atoms. The molecule has 0 unspecified atom stereocenters. The fourth-order valence-corrected chi connectivity index (χ4v) is 2.22. The van der Waals surface area contributed by atoms with E-state index in [4.69, 9.17) is 14.6 Å². The van der Waals surface area contributed by atoms with Crippen LogP contribution in [0.2, 0.25) is 0 Å². The fourth-order valence-electron chi connectivity index (χ4n) is 1.71. The van der Waals surface area contributed by atoms with Gasteiger partial charge in [0.2, 0.25) is 10.0 Å². The number of rotatable bonds is 5. The number of hydrogen-bond donors (Lipinski definition) is 1. The van der Waals surface area contributed by atoms with Crippen molar-refractivity contribution in [2.24, 2.45) is 5.14 Å². The Bertz CT molecular complexity index is 681. The molecule has 0 aliphatic carbocycles. The molecule has 6 heteroatoms. The molecule has 106 valence electrons. The van der Waals surface area contributed by atoms with E-state index in [0.717, 1.165) is 11.3 Å². The first-order valence-corrected chi connectivity index (χ1v) is 7.43. The highest BCUT2D eigenvalue weighted by Crippen LogP contribution is 2.21. The zero-order chi connectivity index (χ0) is 14.6. The van der Waals surface area contributed by atoms with Gasteiger partial charge in [-0.25, -0.2) is 13.6 Å². The largest absolute Gasteiger partial charge is 0.496 e. The lowest BCUT2D eigenvalue weighted by Crippen LogP contribution is -2.11. The minimum Gasteiger partial charge on any atom is -0.496 e. The van der Waals surface area contributed by atoms with Crippen LogP contribution in [0.1, 0.15) is 5.56 Å².